The standard InChI is InChI=1S/C40H29N3O2/c1-3-8-26(9-4-1)28-20-29(27-10-5-2-6-11-27)22-31(21-28)43(30-14-15-36-32(23-30)33-24-41-18-16-37(33)44-36)35-12-7-13-39-40(35)34-25-42-19-17-38(34)45-39/h1-23,41-42H,24-25H2. The third-order valence-electron chi connectivity index (χ3n) is 8.78. The highest BCUT2D eigenvalue weighted by molar-refractivity contribution is 6.02. The maximum Gasteiger partial charge on any atom is 0.137 e. The van der Waals surface area contributed by atoms with E-state index in [9.17, 15) is 0 Å². The van der Waals surface area contributed by atoms with E-state index in [-0.39, 0.29) is 0 Å². The minimum Gasteiger partial charge on any atom is -0.456 e. The van der Waals surface area contributed by atoms with Gasteiger partial charge in [0.05, 0.1) is 5.69 Å². The fraction of sp³-hybridized carbons (Fsp3) is 0.0500. The first kappa shape index (κ1) is 25.5. The van der Waals surface area contributed by atoms with Gasteiger partial charge in [0.2, 0.25) is 0 Å². The molecule has 2 aromatic heterocycles. The van der Waals surface area contributed by atoms with Crippen molar-refractivity contribution in [3.05, 3.63) is 150 Å². The summed E-state index contributed by atoms with van der Waals surface area (Å²) in [5.41, 5.74) is 11.9. The van der Waals surface area contributed by atoms with E-state index in [2.05, 4.69) is 131 Å². The molecule has 216 valence electrons. The number of nitrogens with one attached hydrogen (secondary N) is 2. The fourth-order valence-corrected chi connectivity index (χ4v) is 6.67. The SMILES string of the molecule is C1=Cc2oc3ccc(N(c4cc(-c5ccccc5)cc(-c5ccccc5)c4)c4cccc5oc6c(c45)CNC=C6)cc3c2CN1. The van der Waals surface area contributed by atoms with Crippen LogP contribution in [0.15, 0.2) is 136 Å². The van der Waals surface area contributed by atoms with E-state index in [0.717, 1.165) is 73.8 Å². The smallest absolute Gasteiger partial charge is 0.137 e. The minimum atomic E-state index is 0.704. The molecular formula is C40H29N3O2. The Bertz CT molecular complexity index is 2220. The largest absolute Gasteiger partial charge is 0.456 e. The molecule has 0 radical (unpaired) electrons. The zero-order valence-electron chi connectivity index (χ0n) is 24.5. The average molecular weight is 584 g/mol. The topological polar surface area (TPSA) is 53.6 Å². The molecule has 5 nitrogen and oxygen atoms in total. The summed E-state index contributed by atoms with van der Waals surface area (Å²) in [5.74, 6) is 1.81. The Morgan fingerprint density at radius 1 is 0.511 bits per heavy atom. The van der Waals surface area contributed by atoms with Crippen molar-refractivity contribution in [1.29, 1.82) is 0 Å². The molecule has 0 saturated heterocycles. The van der Waals surface area contributed by atoms with Gasteiger partial charge in [-0.3, -0.25) is 0 Å². The van der Waals surface area contributed by atoms with Crippen LogP contribution in [0.5, 0.6) is 0 Å². The van der Waals surface area contributed by atoms with Crippen LogP contribution >= 0.6 is 0 Å². The average Bonchev–Trinajstić information content (AvgIpc) is 3.68. The van der Waals surface area contributed by atoms with E-state index in [1.165, 1.54) is 16.7 Å². The highest BCUT2D eigenvalue weighted by atomic mass is 16.3. The molecule has 0 fully saturated rings. The Morgan fingerprint density at radius 2 is 1.16 bits per heavy atom. The Balaban J connectivity index is 1.34. The normalized spacial score (nSPS) is 13.3. The molecule has 0 aliphatic carbocycles. The summed E-state index contributed by atoms with van der Waals surface area (Å²) in [7, 11) is 0. The number of nitrogens with zero attached hydrogens (tertiary/aromatic N) is 1. The number of benzene rings is 5. The lowest BCUT2D eigenvalue weighted by Gasteiger charge is -2.28. The van der Waals surface area contributed by atoms with E-state index in [1.807, 2.05) is 24.6 Å². The molecule has 9 rings (SSSR count). The molecular weight excluding hydrogens is 554 g/mol. The van der Waals surface area contributed by atoms with Crippen molar-refractivity contribution < 1.29 is 8.83 Å². The molecule has 5 heteroatoms. The summed E-state index contributed by atoms with van der Waals surface area (Å²) in [6.45, 7) is 1.43. The van der Waals surface area contributed by atoms with Crippen molar-refractivity contribution in [2.45, 2.75) is 13.1 Å². The first-order valence-corrected chi connectivity index (χ1v) is 15.3. The van der Waals surface area contributed by atoms with Crippen LogP contribution in [0, 0.1) is 0 Å². The van der Waals surface area contributed by atoms with Gasteiger partial charge in [0.1, 0.15) is 22.7 Å². The number of fused-ring (bicyclic) bond motifs is 6. The number of furan rings is 2. The number of rotatable bonds is 5. The highest BCUT2D eigenvalue weighted by Crippen LogP contribution is 2.46. The van der Waals surface area contributed by atoms with Crippen molar-refractivity contribution in [3.8, 4) is 22.3 Å². The molecule has 2 N–H and O–H groups in total. The van der Waals surface area contributed by atoms with Gasteiger partial charge in [-0.15, -0.1) is 0 Å². The quantitative estimate of drug-likeness (QED) is 0.211. The molecule has 5 aromatic carbocycles. The maximum absolute atomic E-state index is 6.39. The lowest BCUT2D eigenvalue weighted by atomic mass is 9.96. The number of anilines is 3. The molecule has 0 unspecified atom stereocenters. The van der Waals surface area contributed by atoms with Crippen LogP contribution in [0.1, 0.15) is 22.6 Å². The molecule has 0 amide bonds. The van der Waals surface area contributed by atoms with E-state index < -0.39 is 0 Å². The molecule has 0 saturated carbocycles. The second-order valence-corrected chi connectivity index (χ2v) is 11.5. The van der Waals surface area contributed by atoms with Gasteiger partial charge < -0.3 is 24.4 Å². The Hall–Kier alpha value is -5.94. The van der Waals surface area contributed by atoms with Crippen LogP contribution in [-0.4, -0.2) is 0 Å². The molecule has 45 heavy (non-hydrogen) atoms. The summed E-state index contributed by atoms with van der Waals surface area (Å²) < 4.78 is 12.6. The minimum absolute atomic E-state index is 0.704. The summed E-state index contributed by atoms with van der Waals surface area (Å²) in [6.07, 6.45) is 7.92. The Morgan fingerprint density at radius 3 is 1.87 bits per heavy atom. The van der Waals surface area contributed by atoms with E-state index in [0.29, 0.717) is 6.54 Å². The maximum atomic E-state index is 6.39. The van der Waals surface area contributed by atoms with Gasteiger partial charge in [-0.1, -0.05) is 66.7 Å². The van der Waals surface area contributed by atoms with Crippen LogP contribution in [0.2, 0.25) is 0 Å². The van der Waals surface area contributed by atoms with Crippen LogP contribution in [0.4, 0.5) is 17.1 Å². The Labute approximate surface area is 260 Å². The third-order valence-corrected chi connectivity index (χ3v) is 8.78. The summed E-state index contributed by atoms with van der Waals surface area (Å²) in [6, 6.07) is 41.0. The molecule has 0 spiro atoms. The molecule has 4 heterocycles. The molecule has 2 aliphatic rings. The fourth-order valence-electron chi connectivity index (χ4n) is 6.67. The van der Waals surface area contributed by atoms with Crippen molar-refractivity contribution in [1.82, 2.24) is 10.6 Å². The van der Waals surface area contributed by atoms with Crippen molar-refractivity contribution in [2.75, 3.05) is 4.90 Å². The van der Waals surface area contributed by atoms with Crippen LogP contribution in [0.3, 0.4) is 0 Å². The van der Waals surface area contributed by atoms with Gasteiger partial charge in [-0.05, 0) is 82.9 Å². The number of hydrogen-bond donors (Lipinski definition) is 2. The van der Waals surface area contributed by atoms with Gasteiger partial charge >= 0.3 is 0 Å². The molecule has 2 aliphatic heterocycles. The van der Waals surface area contributed by atoms with Crippen LogP contribution < -0.4 is 15.5 Å². The first-order valence-electron chi connectivity index (χ1n) is 15.3. The summed E-state index contributed by atoms with van der Waals surface area (Å²) in [5, 5.41) is 8.97. The van der Waals surface area contributed by atoms with Crippen molar-refractivity contribution >= 4 is 51.2 Å². The lowest BCUT2D eigenvalue weighted by molar-refractivity contribution is 0.591. The third kappa shape index (κ3) is 4.32. The van der Waals surface area contributed by atoms with E-state index in [1.54, 1.807) is 0 Å². The van der Waals surface area contributed by atoms with Crippen molar-refractivity contribution in [3.63, 3.8) is 0 Å². The highest BCUT2D eigenvalue weighted by Gasteiger charge is 2.25. The second-order valence-electron chi connectivity index (χ2n) is 11.5. The van der Waals surface area contributed by atoms with Gasteiger partial charge in [-0.25, -0.2) is 0 Å². The molecule has 0 bridgehead atoms. The van der Waals surface area contributed by atoms with E-state index >= 15 is 0 Å². The van der Waals surface area contributed by atoms with Crippen LogP contribution in [0.25, 0.3) is 56.3 Å². The van der Waals surface area contributed by atoms with Crippen molar-refractivity contribution in [2.24, 2.45) is 0 Å². The van der Waals surface area contributed by atoms with E-state index in [4.69, 9.17) is 8.83 Å². The summed E-state index contributed by atoms with van der Waals surface area (Å²) >= 11 is 0. The van der Waals surface area contributed by atoms with Gasteiger partial charge in [0.15, 0.2) is 0 Å². The first-order chi connectivity index (χ1) is 22.3. The van der Waals surface area contributed by atoms with Crippen LogP contribution in [-0.2, 0) is 13.1 Å². The lowest BCUT2D eigenvalue weighted by Crippen LogP contribution is -2.13. The summed E-state index contributed by atoms with van der Waals surface area (Å²) in [4.78, 5) is 2.38. The monoisotopic (exact) mass is 583 g/mol. The number of hydrogen-bond acceptors (Lipinski definition) is 5. The molecule has 0 atom stereocenters. The van der Waals surface area contributed by atoms with Gasteiger partial charge in [-0.2, -0.15) is 0 Å². The predicted octanol–water partition coefficient (Wildman–Crippen LogP) is 10.1. The van der Waals surface area contributed by atoms with Gasteiger partial charge in [0, 0.05) is 58.8 Å². The zero-order chi connectivity index (χ0) is 29.7. The Kier molecular flexibility index (Phi) is 5.88. The van der Waals surface area contributed by atoms with Gasteiger partial charge in [0.25, 0.3) is 0 Å². The second kappa shape index (κ2) is 10.4. The zero-order valence-corrected chi connectivity index (χ0v) is 24.5. The molecule has 7 aromatic rings. The predicted molar refractivity (Wildman–Crippen MR) is 183 cm³/mol.